The van der Waals surface area contributed by atoms with Crippen molar-refractivity contribution in [1.82, 2.24) is 14.8 Å². The Bertz CT molecular complexity index is 1070. The van der Waals surface area contributed by atoms with Gasteiger partial charge in [0.1, 0.15) is 17.2 Å². The minimum atomic E-state index is 0.173. The lowest BCUT2D eigenvalue weighted by atomic mass is 9.94. The molecule has 6 nitrogen and oxygen atoms in total. The zero-order chi connectivity index (χ0) is 20.4. The van der Waals surface area contributed by atoms with Crippen LogP contribution in [0.15, 0.2) is 53.7 Å². The molecule has 0 unspecified atom stereocenters. The second-order valence-electron chi connectivity index (χ2n) is 7.43. The van der Waals surface area contributed by atoms with E-state index in [4.69, 9.17) is 9.72 Å². The summed E-state index contributed by atoms with van der Waals surface area (Å²) in [6.45, 7) is 2.61. The zero-order valence-electron chi connectivity index (χ0n) is 16.9. The first-order chi connectivity index (χ1) is 14.0. The van der Waals surface area contributed by atoms with Crippen LogP contribution >= 0.6 is 0 Å². The Labute approximate surface area is 170 Å². The summed E-state index contributed by atoms with van der Waals surface area (Å²) in [5.74, 6) is 0.923. The molecule has 2 aromatic heterocycles. The SMILES string of the molecule is COC1=NCc2cc(CC(=O)C[C@H](C)c3ccccc3)nc(-c3ccn(C)n3)c21. The molecule has 0 aliphatic carbocycles. The first-order valence-corrected chi connectivity index (χ1v) is 9.73. The second-order valence-corrected chi connectivity index (χ2v) is 7.43. The smallest absolute Gasteiger partial charge is 0.218 e. The van der Waals surface area contributed by atoms with Crippen molar-refractivity contribution in [3.05, 3.63) is 71.0 Å². The number of nitrogens with zero attached hydrogens (tertiary/aromatic N) is 4. The van der Waals surface area contributed by atoms with Gasteiger partial charge in [-0.05, 0) is 29.2 Å². The van der Waals surface area contributed by atoms with Crippen LogP contribution in [-0.2, 0) is 29.5 Å². The maximum absolute atomic E-state index is 12.8. The van der Waals surface area contributed by atoms with Crippen LogP contribution in [0.4, 0.5) is 0 Å². The molecular weight excluding hydrogens is 364 g/mol. The number of fused-ring (bicyclic) bond motifs is 1. The normalized spacial score (nSPS) is 13.7. The van der Waals surface area contributed by atoms with E-state index in [1.807, 2.05) is 43.6 Å². The topological polar surface area (TPSA) is 69.4 Å². The Morgan fingerprint density at radius 2 is 2.03 bits per heavy atom. The van der Waals surface area contributed by atoms with E-state index in [1.165, 1.54) is 5.56 Å². The molecule has 0 saturated carbocycles. The summed E-state index contributed by atoms with van der Waals surface area (Å²) in [6.07, 6.45) is 2.66. The van der Waals surface area contributed by atoms with Crippen LogP contribution in [0.5, 0.6) is 0 Å². The van der Waals surface area contributed by atoms with Gasteiger partial charge in [-0.2, -0.15) is 5.10 Å². The fourth-order valence-corrected chi connectivity index (χ4v) is 3.76. The largest absolute Gasteiger partial charge is 0.481 e. The van der Waals surface area contributed by atoms with Crippen molar-refractivity contribution in [1.29, 1.82) is 0 Å². The molecule has 0 radical (unpaired) electrons. The maximum atomic E-state index is 12.8. The van der Waals surface area contributed by atoms with E-state index in [2.05, 4.69) is 29.1 Å². The summed E-state index contributed by atoms with van der Waals surface area (Å²) in [7, 11) is 3.48. The number of rotatable bonds is 6. The molecule has 1 aromatic carbocycles. The zero-order valence-corrected chi connectivity index (χ0v) is 16.9. The van der Waals surface area contributed by atoms with Crippen LogP contribution < -0.4 is 0 Å². The molecule has 148 valence electrons. The van der Waals surface area contributed by atoms with Gasteiger partial charge in [0.15, 0.2) is 0 Å². The highest BCUT2D eigenvalue weighted by Gasteiger charge is 2.25. The van der Waals surface area contributed by atoms with Crippen molar-refractivity contribution in [2.75, 3.05) is 7.11 Å². The minimum Gasteiger partial charge on any atom is -0.481 e. The van der Waals surface area contributed by atoms with E-state index in [-0.39, 0.29) is 11.7 Å². The number of aliphatic imine (C=N–C) groups is 1. The summed E-state index contributed by atoms with van der Waals surface area (Å²) < 4.78 is 7.18. The molecule has 0 amide bonds. The Morgan fingerprint density at radius 3 is 2.72 bits per heavy atom. The lowest BCUT2D eigenvalue weighted by Crippen LogP contribution is -2.12. The Morgan fingerprint density at radius 1 is 1.24 bits per heavy atom. The van der Waals surface area contributed by atoms with Crippen molar-refractivity contribution in [2.45, 2.75) is 32.2 Å². The molecule has 0 fully saturated rings. The van der Waals surface area contributed by atoms with Gasteiger partial charge in [-0.1, -0.05) is 37.3 Å². The van der Waals surface area contributed by atoms with Gasteiger partial charge in [0, 0.05) is 31.8 Å². The minimum absolute atomic E-state index is 0.173. The number of methoxy groups -OCH3 is 1. The van der Waals surface area contributed by atoms with Gasteiger partial charge in [0.25, 0.3) is 0 Å². The van der Waals surface area contributed by atoms with E-state index in [1.54, 1.807) is 11.8 Å². The van der Waals surface area contributed by atoms with Gasteiger partial charge in [-0.15, -0.1) is 0 Å². The van der Waals surface area contributed by atoms with Crippen LogP contribution in [0, 0.1) is 0 Å². The number of benzene rings is 1. The number of Topliss-reactive ketones (excluding diaryl/α,β-unsaturated/α-hetero) is 1. The molecule has 1 aliphatic heterocycles. The Hall–Kier alpha value is -3.28. The van der Waals surface area contributed by atoms with E-state index < -0.39 is 0 Å². The number of aryl methyl sites for hydroxylation is 1. The number of ether oxygens (including phenoxy) is 1. The second kappa shape index (κ2) is 7.99. The molecule has 0 spiro atoms. The molecular formula is C23H24N4O2. The molecule has 0 N–H and O–H groups in total. The molecule has 1 aliphatic rings. The average Bonchev–Trinajstić information content (AvgIpc) is 3.34. The lowest BCUT2D eigenvalue weighted by Gasteiger charge is -2.13. The molecule has 1 atom stereocenters. The number of carbonyl (C=O) groups excluding carboxylic acids is 1. The van der Waals surface area contributed by atoms with Crippen LogP contribution in [0.25, 0.3) is 11.4 Å². The maximum Gasteiger partial charge on any atom is 0.218 e. The molecule has 0 saturated heterocycles. The summed E-state index contributed by atoms with van der Waals surface area (Å²) in [5.41, 5.74) is 5.30. The quantitative estimate of drug-likeness (QED) is 0.646. The molecule has 0 bridgehead atoms. The van der Waals surface area contributed by atoms with Crippen LogP contribution in [0.3, 0.4) is 0 Å². The van der Waals surface area contributed by atoms with Gasteiger partial charge < -0.3 is 4.74 Å². The molecule has 6 heteroatoms. The summed E-state index contributed by atoms with van der Waals surface area (Å²) in [5, 5.41) is 4.49. The Balaban J connectivity index is 1.60. The van der Waals surface area contributed by atoms with E-state index in [0.717, 1.165) is 28.2 Å². The fraction of sp³-hybridized carbons (Fsp3) is 0.304. The third-order valence-corrected chi connectivity index (χ3v) is 5.19. The molecule has 4 rings (SSSR count). The van der Waals surface area contributed by atoms with Crippen molar-refractivity contribution >= 4 is 11.7 Å². The highest BCUT2D eigenvalue weighted by atomic mass is 16.5. The fourth-order valence-electron chi connectivity index (χ4n) is 3.76. The first-order valence-electron chi connectivity index (χ1n) is 9.73. The monoisotopic (exact) mass is 388 g/mol. The van der Waals surface area contributed by atoms with Gasteiger partial charge >= 0.3 is 0 Å². The number of ketones is 1. The molecule has 3 heterocycles. The van der Waals surface area contributed by atoms with Gasteiger partial charge in [-0.3, -0.25) is 9.48 Å². The average molecular weight is 388 g/mol. The number of carbonyl (C=O) groups is 1. The van der Waals surface area contributed by atoms with E-state index in [0.29, 0.717) is 25.3 Å². The summed E-state index contributed by atoms with van der Waals surface area (Å²) in [6, 6.07) is 14.0. The summed E-state index contributed by atoms with van der Waals surface area (Å²) >= 11 is 0. The summed E-state index contributed by atoms with van der Waals surface area (Å²) in [4.78, 5) is 22.0. The van der Waals surface area contributed by atoms with E-state index in [9.17, 15) is 4.79 Å². The number of hydrogen-bond donors (Lipinski definition) is 0. The molecule has 29 heavy (non-hydrogen) atoms. The number of pyridine rings is 1. The highest BCUT2D eigenvalue weighted by Crippen LogP contribution is 2.30. The van der Waals surface area contributed by atoms with Crippen molar-refractivity contribution < 1.29 is 9.53 Å². The first kappa shape index (κ1) is 19.1. The third-order valence-electron chi connectivity index (χ3n) is 5.19. The predicted molar refractivity (Wildman–Crippen MR) is 112 cm³/mol. The van der Waals surface area contributed by atoms with Gasteiger partial charge in [0.05, 0.1) is 19.2 Å². The van der Waals surface area contributed by atoms with E-state index >= 15 is 0 Å². The van der Waals surface area contributed by atoms with Crippen LogP contribution in [0.1, 0.15) is 41.6 Å². The van der Waals surface area contributed by atoms with Crippen LogP contribution in [0.2, 0.25) is 0 Å². The number of hydrogen-bond acceptors (Lipinski definition) is 5. The van der Waals surface area contributed by atoms with Crippen LogP contribution in [-0.4, -0.2) is 33.6 Å². The third kappa shape index (κ3) is 3.97. The Kier molecular flexibility index (Phi) is 5.25. The van der Waals surface area contributed by atoms with Gasteiger partial charge in [-0.25, -0.2) is 9.98 Å². The molecule has 3 aromatic rings. The predicted octanol–water partition coefficient (Wildman–Crippen LogP) is 3.69. The van der Waals surface area contributed by atoms with Crippen molar-refractivity contribution in [3.8, 4) is 11.4 Å². The van der Waals surface area contributed by atoms with Crippen molar-refractivity contribution in [3.63, 3.8) is 0 Å². The van der Waals surface area contributed by atoms with Crippen molar-refractivity contribution in [2.24, 2.45) is 12.0 Å². The highest BCUT2D eigenvalue weighted by molar-refractivity contribution is 6.02. The standard InChI is InChI=1S/C23H24N4O2/c1-15(16-7-5-4-6-8-16)11-19(28)13-18-12-17-14-24-23(29-3)21(17)22(25-18)20-9-10-27(2)26-20/h4-10,12,15H,11,13-14H2,1-3H3/t15-/m0/s1. The lowest BCUT2D eigenvalue weighted by molar-refractivity contribution is -0.118. The number of aromatic nitrogens is 3. The van der Waals surface area contributed by atoms with Gasteiger partial charge in [0.2, 0.25) is 5.90 Å².